The zero-order chi connectivity index (χ0) is 15.5. The number of aryl methyl sites for hydroxylation is 1. The number of sulfonamides is 1. The number of carboxylic acid groups (broad SMARTS) is 1. The third kappa shape index (κ3) is 3.79. The Hall–Kier alpha value is -1.49. The van der Waals surface area contributed by atoms with Gasteiger partial charge in [0.25, 0.3) is 0 Å². The molecule has 0 bridgehead atoms. The minimum atomic E-state index is -3.89. The number of nitrogens with zero attached hydrogens (tertiary/aromatic N) is 2. The monoisotopic (exact) mass is 317 g/mol. The topological polar surface area (TPSA) is 127 Å². The van der Waals surface area contributed by atoms with Gasteiger partial charge in [-0.25, -0.2) is 17.9 Å². The molecule has 10 heteroatoms. The van der Waals surface area contributed by atoms with Crippen LogP contribution in [0.2, 0.25) is 0 Å². The minimum absolute atomic E-state index is 0.210. The molecule has 1 aromatic rings. The lowest BCUT2D eigenvalue weighted by molar-refractivity contribution is 0.0686. The molecule has 0 atom stereocenters. The van der Waals surface area contributed by atoms with Crippen molar-refractivity contribution in [3.63, 3.8) is 0 Å². The highest BCUT2D eigenvalue weighted by Crippen LogP contribution is 2.17. The average Bonchev–Trinajstić information content (AvgIpc) is 2.83. The molecule has 1 aliphatic heterocycles. The molecule has 2 rings (SSSR count). The van der Waals surface area contributed by atoms with Gasteiger partial charge in [0.05, 0.1) is 5.69 Å². The summed E-state index contributed by atoms with van der Waals surface area (Å²) < 4.78 is 26.9. The van der Waals surface area contributed by atoms with Crippen molar-refractivity contribution in [1.29, 1.82) is 0 Å². The van der Waals surface area contributed by atoms with Gasteiger partial charge in [-0.2, -0.15) is 5.10 Å². The van der Waals surface area contributed by atoms with Crippen LogP contribution < -0.4 is 10.0 Å². The molecule has 0 amide bonds. The van der Waals surface area contributed by atoms with Gasteiger partial charge in [0, 0.05) is 39.3 Å². The number of aromatic carboxylic acids is 1. The van der Waals surface area contributed by atoms with Crippen molar-refractivity contribution >= 4 is 16.0 Å². The maximum atomic E-state index is 12.2. The molecule has 0 spiro atoms. The number of rotatable bonds is 6. The van der Waals surface area contributed by atoms with Crippen molar-refractivity contribution in [2.75, 3.05) is 39.3 Å². The van der Waals surface area contributed by atoms with Crippen LogP contribution >= 0.6 is 0 Å². The Morgan fingerprint density at radius 3 is 2.71 bits per heavy atom. The van der Waals surface area contributed by atoms with Crippen molar-refractivity contribution in [2.24, 2.45) is 0 Å². The summed E-state index contributed by atoms with van der Waals surface area (Å²) in [6, 6.07) is 0. The molecule has 2 heterocycles. The summed E-state index contributed by atoms with van der Waals surface area (Å²) in [5, 5.41) is 18.1. The molecule has 0 aromatic carbocycles. The summed E-state index contributed by atoms with van der Waals surface area (Å²) in [6.07, 6.45) is 0. The van der Waals surface area contributed by atoms with E-state index in [0.29, 0.717) is 6.54 Å². The van der Waals surface area contributed by atoms with E-state index in [4.69, 9.17) is 5.11 Å². The lowest BCUT2D eigenvalue weighted by atomic mass is 10.3. The number of nitrogens with one attached hydrogen (secondary N) is 3. The molecular weight excluding hydrogens is 298 g/mol. The van der Waals surface area contributed by atoms with Gasteiger partial charge in [0.1, 0.15) is 4.90 Å². The van der Waals surface area contributed by atoms with Crippen molar-refractivity contribution in [3.05, 3.63) is 11.4 Å². The van der Waals surface area contributed by atoms with Crippen molar-refractivity contribution in [2.45, 2.75) is 11.8 Å². The Kier molecular flexibility index (Phi) is 4.93. The number of carboxylic acids is 1. The summed E-state index contributed by atoms with van der Waals surface area (Å²) in [5.74, 6) is -1.37. The van der Waals surface area contributed by atoms with Crippen LogP contribution in [0.3, 0.4) is 0 Å². The lowest BCUT2D eigenvalue weighted by Crippen LogP contribution is -2.46. The van der Waals surface area contributed by atoms with Gasteiger partial charge >= 0.3 is 5.97 Å². The van der Waals surface area contributed by atoms with Gasteiger partial charge in [0.15, 0.2) is 5.69 Å². The largest absolute Gasteiger partial charge is 0.476 e. The molecule has 9 nitrogen and oxygen atoms in total. The molecule has 0 aliphatic carbocycles. The number of hydrogen-bond donors (Lipinski definition) is 4. The second kappa shape index (κ2) is 6.52. The standard InChI is InChI=1S/C11H19N5O4S/c1-8-10(9(11(17)18)15-14-8)21(19,20)13-4-7-16-5-2-12-3-6-16/h12-13H,2-7H2,1H3,(H,14,15)(H,17,18). The van der Waals surface area contributed by atoms with Crippen LogP contribution in [0.25, 0.3) is 0 Å². The average molecular weight is 317 g/mol. The lowest BCUT2D eigenvalue weighted by Gasteiger charge is -2.27. The highest BCUT2D eigenvalue weighted by molar-refractivity contribution is 7.89. The normalized spacial score (nSPS) is 17.0. The molecule has 0 radical (unpaired) electrons. The fourth-order valence-corrected chi connectivity index (χ4v) is 3.58. The first-order valence-corrected chi connectivity index (χ1v) is 8.11. The number of H-pyrrole nitrogens is 1. The molecule has 1 saturated heterocycles. The summed E-state index contributed by atoms with van der Waals surface area (Å²) in [7, 11) is -3.89. The van der Waals surface area contributed by atoms with E-state index in [2.05, 4.69) is 25.1 Å². The van der Waals surface area contributed by atoms with Gasteiger partial charge in [0.2, 0.25) is 10.0 Å². The van der Waals surface area contributed by atoms with E-state index in [0.717, 1.165) is 26.2 Å². The molecule has 1 aromatic heterocycles. The first kappa shape index (κ1) is 15.9. The SMILES string of the molecule is Cc1[nH]nc(C(=O)O)c1S(=O)(=O)NCCN1CCNCC1. The van der Waals surface area contributed by atoms with Crippen molar-refractivity contribution in [3.8, 4) is 0 Å². The van der Waals surface area contributed by atoms with Crippen LogP contribution in [-0.2, 0) is 10.0 Å². The second-order valence-corrected chi connectivity index (χ2v) is 6.52. The third-order valence-corrected chi connectivity index (χ3v) is 4.91. The van der Waals surface area contributed by atoms with E-state index in [1.54, 1.807) is 0 Å². The zero-order valence-corrected chi connectivity index (χ0v) is 12.5. The van der Waals surface area contributed by atoms with Gasteiger partial charge in [-0.3, -0.25) is 10.00 Å². The molecule has 21 heavy (non-hydrogen) atoms. The van der Waals surface area contributed by atoms with E-state index >= 15 is 0 Å². The van der Waals surface area contributed by atoms with Gasteiger partial charge < -0.3 is 10.4 Å². The van der Waals surface area contributed by atoms with E-state index in [-0.39, 0.29) is 17.1 Å². The number of carbonyl (C=O) groups is 1. The quantitative estimate of drug-likeness (QED) is 0.508. The molecule has 0 unspecified atom stereocenters. The van der Waals surface area contributed by atoms with Crippen LogP contribution in [0.5, 0.6) is 0 Å². The Morgan fingerprint density at radius 1 is 1.43 bits per heavy atom. The van der Waals surface area contributed by atoms with Crippen LogP contribution in [0, 0.1) is 6.92 Å². The molecule has 4 N–H and O–H groups in total. The predicted molar refractivity (Wildman–Crippen MR) is 74.8 cm³/mol. The Balaban J connectivity index is 2.01. The number of aromatic amines is 1. The third-order valence-electron chi connectivity index (χ3n) is 3.29. The minimum Gasteiger partial charge on any atom is -0.476 e. The molecular formula is C11H19N5O4S. The molecule has 1 aliphatic rings. The summed E-state index contributed by atoms with van der Waals surface area (Å²) in [5.41, 5.74) is -0.274. The van der Waals surface area contributed by atoms with Crippen molar-refractivity contribution < 1.29 is 18.3 Å². The van der Waals surface area contributed by atoms with E-state index in [9.17, 15) is 13.2 Å². The zero-order valence-electron chi connectivity index (χ0n) is 11.7. The Morgan fingerprint density at radius 2 is 2.10 bits per heavy atom. The summed E-state index contributed by atoms with van der Waals surface area (Å²) >= 11 is 0. The molecule has 1 fully saturated rings. The predicted octanol–water partition coefficient (Wildman–Crippen LogP) is -1.40. The second-order valence-electron chi connectivity index (χ2n) is 4.82. The van der Waals surface area contributed by atoms with Crippen LogP contribution in [0.4, 0.5) is 0 Å². The van der Waals surface area contributed by atoms with Crippen LogP contribution in [0.1, 0.15) is 16.2 Å². The van der Waals surface area contributed by atoms with E-state index in [1.807, 2.05) is 0 Å². The fraction of sp³-hybridized carbons (Fsp3) is 0.636. The number of aromatic nitrogens is 2. The Labute approximate surface area is 122 Å². The Bertz CT molecular complexity index is 606. The number of hydrogen-bond acceptors (Lipinski definition) is 6. The maximum Gasteiger partial charge on any atom is 0.357 e. The van der Waals surface area contributed by atoms with Crippen molar-refractivity contribution in [1.82, 2.24) is 25.1 Å². The summed E-state index contributed by atoms with van der Waals surface area (Å²) in [6.45, 7) is 5.80. The molecule has 118 valence electrons. The highest BCUT2D eigenvalue weighted by atomic mass is 32.2. The van der Waals surface area contributed by atoms with E-state index in [1.165, 1.54) is 6.92 Å². The number of piperazine rings is 1. The molecule has 0 saturated carbocycles. The fourth-order valence-electron chi connectivity index (χ4n) is 2.24. The highest BCUT2D eigenvalue weighted by Gasteiger charge is 2.28. The van der Waals surface area contributed by atoms with Crippen LogP contribution in [-0.4, -0.2) is 73.9 Å². The smallest absolute Gasteiger partial charge is 0.357 e. The van der Waals surface area contributed by atoms with Gasteiger partial charge in [-0.05, 0) is 6.92 Å². The summed E-state index contributed by atoms with van der Waals surface area (Å²) in [4.78, 5) is 12.9. The maximum absolute atomic E-state index is 12.2. The van der Waals surface area contributed by atoms with Crippen LogP contribution in [0.15, 0.2) is 4.90 Å². The van der Waals surface area contributed by atoms with E-state index < -0.39 is 21.7 Å². The first-order chi connectivity index (χ1) is 9.92. The van der Waals surface area contributed by atoms with Gasteiger partial charge in [-0.1, -0.05) is 0 Å². The van der Waals surface area contributed by atoms with Gasteiger partial charge in [-0.15, -0.1) is 0 Å². The first-order valence-electron chi connectivity index (χ1n) is 6.63.